The summed E-state index contributed by atoms with van der Waals surface area (Å²) in [5.74, 6) is 0.892. The van der Waals surface area contributed by atoms with Gasteiger partial charge in [-0.3, -0.25) is 0 Å². The number of nitrogens with zero attached hydrogens (tertiary/aromatic N) is 1. The number of hydrogen-bond acceptors (Lipinski definition) is 4. The van der Waals surface area contributed by atoms with Crippen molar-refractivity contribution < 1.29 is 17.9 Å². The Bertz CT molecular complexity index is 769. The molecule has 0 aliphatic carbocycles. The van der Waals surface area contributed by atoms with Crippen LogP contribution in [0.3, 0.4) is 0 Å². The van der Waals surface area contributed by atoms with Crippen molar-refractivity contribution in [1.82, 2.24) is 4.31 Å². The zero-order chi connectivity index (χ0) is 22.1. The predicted octanol–water partition coefficient (Wildman–Crippen LogP) is 5.43. The lowest BCUT2D eigenvalue weighted by Gasteiger charge is -2.34. The van der Waals surface area contributed by atoms with Crippen molar-refractivity contribution in [3.8, 4) is 11.5 Å². The number of unbranched alkanes of at least 4 members (excludes halogenated alkanes) is 2. The van der Waals surface area contributed by atoms with Gasteiger partial charge >= 0.3 is 0 Å². The highest BCUT2D eigenvalue weighted by atomic mass is 32.2. The first-order chi connectivity index (χ1) is 13.6. The summed E-state index contributed by atoms with van der Waals surface area (Å²) in [5.41, 5.74) is -0.225. The van der Waals surface area contributed by atoms with E-state index in [1.807, 2.05) is 39.8 Å². The number of ether oxygens (including phenoxy) is 2. The van der Waals surface area contributed by atoms with Crippen molar-refractivity contribution in [1.29, 1.82) is 0 Å². The highest BCUT2D eigenvalue weighted by Gasteiger charge is 2.34. The monoisotopic (exact) mass is 423 g/mol. The lowest BCUT2D eigenvalue weighted by Crippen LogP contribution is -2.43. The number of rotatable bonds is 14. The fourth-order valence-corrected chi connectivity index (χ4v) is 5.00. The third kappa shape index (κ3) is 7.52. The fraction of sp³-hybridized carbons (Fsp3) is 0.565. The van der Waals surface area contributed by atoms with Crippen LogP contribution in [-0.4, -0.2) is 39.0 Å². The van der Waals surface area contributed by atoms with Crippen LogP contribution in [0.15, 0.2) is 48.4 Å². The zero-order valence-electron chi connectivity index (χ0n) is 18.6. The molecular formula is C23H37NO4S. The van der Waals surface area contributed by atoms with Gasteiger partial charge in [0.15, 0.2) is 0 Å². The lowest BCUT2D eigenvalue weighted by atomic mass is 9.89. The molecule has 6 heteroatoms. The first-order valence-corrected chi connectivity index (χ1v) is 11.6. The predicted molar refractivity (Wildman–Crippen MR) is 120 cm³/mol. The molecule has 0 fully saturated rings. The van der Waals surface area contributed by atoms with Crippen molar-refractivity contribution >= 4 is 10.0 Å². The highest BCUT2D eigenvalue weighted by molar-refractivity contribution is 7.89. The molecular weight excluding hydrogens is 386 g/mol. The van der Waals surface area contributed by atoms with Crippen LogP contribution in [0.5, 0.6) is 11.5 Å². The number of methoxy groups -OCH3 is 1. The summed E-state index contributed by atoms with van der Waals surface area (Å²) in [5, 5.41) is 0. The van der Waals surface area contributed by atoms with Crippen molar-refractivity contribution in [2.24, 2.45) is 5.41 Å². The standard InChI is InChI=1S/C23H37NO4S/c1-8-10-11-12-16-28-21-17-20(27-7)13-14-22(21)29(25,26)24(19(3)4)18-23(5,6)15-9-2/h8-9,13-14,17,19H,1-2,10-12,15-16,18H2,3-7H3. The number of hydrogen-bond donors (Lipinski definition) is 0. The normalized spacial score (nSPS) is 12.2. The average Bonchev–Trinajstić information content (AvgIpc) is 2.65. The quantitative estimate of drug-likeness (QED) is 0.296. The SMILES string of the molecule is C=CCCCCOc1cc(OC)ccc1S(=O)(=O)N(CC(C)(C)CC=C)C(C)C. The minimum absolute atomic E-state index is 0.171. The van der Waals surface area contributed by atoms with Crippen LogP contribution in [0.25, 0.3) is 0 Å². The van der Waals surface area contributed by atoms with Crippen molar-refractivity contribution in [2.75, 3.05) is 20.3 Å². The summed E-state index contributed by atoms with van der Waals surface area (Å²) in [6.07, 6.45) is 7.10. The van der Waals surface area contributed by atoms with Crippen LogP contribution in [0.1, 0.15) is 53.4 Å². The van der Waals surface area contributed by atoms with Gasteiger partial charge in [-0.05, 0) is 57.1 Å². The summed E-state index contributed by atoms with van der Waals surface area (Å²) in [7, 11) is -2.20. The Morgan fingerprint density at radius 3 is 2.41 bits per heavy atom. The number of benzene rings is 1. The Morgan fingerprint density at radius 1 is 1.17 bits per heavy atom. The lowest BCUT2D eigenvalue weighted by molar-refractivity contribution is 0.232. The minimum atomic E-state index is -3.75. The van der Waals surface area contributed by atoms with E-state index in [0.29, 0.717) is 24.7 Å². The van der Waals surface area contributed by atoms with E-state index in [-0.39, 0.29) is 16.4 Å². The second-order valence-corrected chi connectivity index (χ2v) is 10.1. The van der Waals surface area contributed by atoms with Gasteiger partial charge in [0.2, 0.25) is 10.0 Å². The van der Waals surface area contributed by atoms with Crippen LogP contribution < -0.4 is 9.47 Å². The molecule has 0 amide bonds. The van der Waals surface area contributed by atoms with Crippen LogP contribution >= 0.6 is 0 Å². The average molecular weight is 424 g/mol. The third-order valence-electron chi connectivity index (χ3n) is 4.65. The smallest absolute Gasteiger partial charge is 0.247 e. The molecule has 0 aliphatic heterocycles. The van der Waals surface area contributed by atoms with E-state index in [4.69, 9.17) is 9.47 Å². The van der Waals surface area contributed by atoms with E-state index >= 15 is 0 Å². The molecule has 0 aromatic heterocycles. The molecule has 29 heavy (non-hydrogen) atoms. The van der Waals surface area contributed by atoms with Crippen molar-refractivity contribution in [2.45, 2.75) is 64.3 Å². The van der Waals surface area contributed by atoms with E-state index in [9.17, 15) is 8.42 Å². The van der Waals surface area contributed by atoms with Gasteiger partial charge in [-0.25, -0.2) is 8.42 Å². The maximum atomic E-state index is 13.6. The molecule has 0 N–H and O–H groups in total. The Kier molecular flexibility index (Phi) is 9.93. The Hall–Kier alpha value is -1.79. The molecule has 0 unspecified atom stereocenters. The van der Waals surface area contributed by atoms with Crippen LogP contribution in [0.2, 0.25) is 0 Å². The van der Waals surface area contributed by atoms with Gasteiger partial charge in [0.25, 0.3) is 0 Å². The van der Waals surface area contributed by atoms with Crippen LogP contribution in [0, 0.1) is 5.41 Å². The molecule has 1 aromatic rings. The second-order valence-electron chi connectivity index (χ2n) is 8.25. The van der Waals surface area contributed by atoms with E-state index in [1.165, 1.54) is 0 Å². The Labute approximate surface area is 177 Å². The minimum Gasteiger partial charge on any atom is -0.497 e. The first-order valence-electron chi connectivity index (χ1n) is 10.1. The molecule has 0 spiro atoms. The van der Waals surface area contributed by atoms with E-state index < -0.39 is 10.0 Å². The molecule has 0 saturated heterocycles. The molecule has 0 saturated carbocycles. The van der Waals surface area contributed by atoms with Gasteiger partial charge in [-0.2, -0.15) is 4.31 Å². The van der Waals surface area contributed by atoms with Gasteiger partial charge in [0.1, 0.15) is 16.4 Å². The second kappa shape index (κ2) is 11.4. The summed E-state index contributed by atoms with van der Waals surface area (Å²) in [6, 6.07) is 4.69. The summed E-state index contributed by atoms with van der Waals surface area (Å²) < 4.78 is 39.9. The molecule has 0 heterocycles. The Morgan fingerprint density at radius 2 is 1.86 bits per heavy atom. The zero-order valence-corrected chi connectivity index (χ0v) is 19.4. The maximum Gasteiger partial charge on any atom is 0.247 e. The molecule has 5 nitrogen and oxygen atoms in total. The van der Waals surface area contributed by atoms with Gasteiger partial charge < -0.3 is 9.47 Å². The fourth-order valence-electron chi connectivity index (χ4n) is 3.06. The van der Waals surface area contributed by atoms with Gasteiger partial charge in [-0.15, -0.1) is 13.2 Å². The molecule has 164 valence electrons. The van der Waals surface area contributed by atoms with Crippen molar-refractivity contribution in [3.63, 3.8) is 0 Å². The highest BCUT2D eigenvalue weighted by Crippen LogP contribution is 2.34. The first kappa shape index (κ1) is 25.2. The summed E-state index contributed by atoms with van der Waals surface area (Å²) in [6.45, 7) is 16.2. The van der Waals surface area contributed by atoms with Gasteiger partial charge in [0, 0.05) is 18.7 Å². The molecule has 1 rings (SSSR count). The topological polar surface area (TPSA) is 55.8 Å². The van der Waals surface area contributed by atoms with Crippen molar-refractivity contribution in [3.05, 3.63) is 43.5 Å². The van der Waals surface area contributed by atoms with Gasteiger partial charge in [-0.1, -0.05) is 26.0 Å². The van der Waals surface area contributed by atoms with Gasteiger partial charge in [0.05, 0.1) is 13.7 Å². The third-order valence-corrected chi connectivity index (χ3v) is 6.72. The maximum absolute atomic E-state index is 13.6. The molecule has 0 atom stereocenters. The molecule has 0 bridgehead atoms. The van der Waals surface area contributed by atoms with E-state index in [2.05, 4.69) is 13.2 Å². The number of sulfonamides is 1. The van der Waals surface area contributed by atoms with Crippen LogP contribution in [0.4, 0.5) is 0 Å². The Balaban J connectivity index is 3.24. The van der Waals surface area contributed by atoms with E-state index in [1.54, 1.807) is 29.6 Å². The molecule has 1 aromatic carbocycles. The number of allylic oxidation sites excluding steroid dienone is 2. The van der Waals surface area contributed by atoms with Crippen LogP contribution in [-0.2, 0) is 10.0 Å². The van der Waals surface area contributed by atoms with E-state index in [0.717, 1.165) is 25.7 Å². The largest absolute Gasteiger partial charge is 0.497 e. The molecule has 0 aliphatic rings. The summed E-state index contributed by atoms with van der Waals surface area (Å²) in [4.78, 5) is 0.171. The molecule has 0 radical (unpaired) electrons. The summed E-state index contributed by atoms with van der Waals surface area (Å²) >= 11 is 0.